The first-order valence-electron chi connectivity index (χ1n) is 9.34. The van der Waals surface area contributed by atoms with Crippen LogP contribution in [0.5, 0.6) is 5.75 Å². The summed E-state index contributed by atoms with van der Waals surface area (Å²) in [5.74, 6) is 1.40. The molecule has 0 unspecified atom stereocenters. The summed E-state index contributed by atoms with van der Waals surface area (Å²) in [5, 5.41) is 6.36. The van der Waals surface area contributed by atoms with E-state index in [1.165, 1.54) is 0 Å². The van der Waals surface area contributed by atoms with Gasteiger partial charge in [-0.15, -0.1) is 0 Å². The summed E-state index contributed by atoms with van der Waals surface area (Å²) in [5.41, 5.74) is 2.31. The molecule has 27 heavy (non-hydrogen) atoms. The van der Waals surface area contributed by atoms with Crippen LogP contribution in [-0.2, 0) is 0 Å². The average molecular weight is 368 g/mol. The monoisotopic (exact) mass is 368 g/mol. The molecule has 1 saturated heterocycles. The van der Waals surface area contributed by atoms with Crippen molar-refractivity contribution in [3.05, 3.63) is 36.9 Å². The minimum absolute atomic E-state index is 0.299. The number of anilines is 1. The second-order valence-corrected chi connectivity index (χ2v) is 7.10. The predicted octanol–water partition coefficient (Wildman–Crippen LogP) is 2.44. The zero-order valence-corrected chi connectivity index (χ0v) is 14.8. The van der Waals surface area contributed by atoms with E-state index in [9.17, 15) is 4.39 Å². The summed E-state index contributed by atoms with van der Waals surface area (Å²) in [6, 6.07) is 3.57. The minimum Gasteiger partial charge on any atom is -0.490 e. The lowest BCUT2D eigenvalue weighted by molar-refractivity contribution is 0.241. The second-order valence-electron chi connectivity index (χ2n) is 7.10. The third kappa shape index (κ3) is 3.44. The molecule has 3 aromatic rings. The van der Waals surface area contributed by atoms with E-state index in [4.69, 9.17) is 4.74 Å². The Balaban J connectivity index is 1.40. The molecule has 7 nitrogen and oxygen atoms in total. The molecule has 0 radical (unpaired) electrons. The first kappa shape index (κ1) is 16.4. The maximum absolute atomic E-state index is 14.1. The van der Waals surface area contributed by atoms with Crippen molar-refractivity contribution < 1.29 is 9.13 Å². The van der Waals surface area contributed by atoms with Crippen molar-refractivity contribution in [1.82, 2.24) is 24.7 Å². The number of nitrogens with one attached hydrogen (secondary N) is 2. The Morgan fingerprint density at radius 1 is 1.22 bits per heavy atom. The van der Waals surface area contributed by atoms with E-state index in [0.29, 0.717) is 37.1 Å². The predicted molar refractivity (Wildman–Crippen MR) is 99.7 cm³/mol. The van der Waals surface area contributed by atoms with E-state index in [1.54, 1.807) is 18.6 Å². The lowest BCUT2D eigenvalue weighted by atomic mass is 10.1. The van der Waals surface area contributed by atoms with E-state index < -0.39 is 6.17 Å². The Kier molecular flexibility index (Phi) is 4.12. The van der Waals surface area contributed by atoms with Crippen molar-refractivity contribution in [3.8, 4) is 17.1 Å². The molecule has 1 aliphatic carbocycles. The van der Waals surface area contributed by atoms with E-state index in [-0.39, 0.29) is 6.04 Å². The number of imidazole rings is 1. The maximum Gasteiger partial charge on any atom is 0.145 e. The summed E-state index contributed by atoms with van der Waals surface area (Å²) < 4.78 is 21.9. The summed E-state index contributed by atoms with van der Waals surface area (Å²) in [6.45, 7) is 1.28. The Morgan fingerprint density at radius 3 is 3.00 bits per heavy atom. The van der Waals surface area contributed by atoms with Crippen molar-refractivity contribution in [1.29, 1.82) is 0 Å². The van der Waals surface area contributed by atoms with Crippen LogP contribution in [0.1, 0.15) is 19.3 Å². The number of aromatic nitrogens is 4. The molecule has 140 valence electrons. The fraction of sp³-hybridized carbons (Fsp3) is 0.421. The van der Waals surface area contributed by atoms with Crippen LogP contribution < -0.4 is 15.4 Å². The molecule has 2 N–H and O–H groups in total. The highest BCUT2D eigenvalue weighted by Gasteiger charge is 2.25. The van der Waals surface area contributed by atoms with E-state index in [0.717, 1.165) is 29.9 Å². The molecule has 3 aromatic heterocycles. The van der Waals surface area contributed by atoms with Crippen LogP contribution in [-0.4, -0.2) is 50.8 Å². The molecule has 1 aliphatic heterocycles. The number of hydrogen-bond donors (Lipinski definition) is 2. The normalized spacial score (nSPS) is 22.7. The van der Waals surface area contributed by atoms with Crippen LogP contribution in [0.15, 0.2) is 36.9 Å². The van der Waals surface area contributed by atoms with Gasteiger partial charge in [-0.25, -0.2) is 14.4 Å². The van der Waals surface area contributed by atoms with Gasteiger partial charge in [-0.3, -0.25) is 9.38 Å². The summed E-state index contributed by atoms with van der Waals surface area (Å²) >= 11 is 0. The highest BCUT2D eigenvalue weighted by molar-refractivity contribution is 5.61. The summed E-state index contributed by atoms with van der Waals surface area (Å²) in [7, 11) is 0. The smallest absolute Gasteiger partial charge is 0.145 e. The van der Waals surface area contributed by atoms with Gasteiger partial charge in [-0.1, -0.05) is 0 Å². The highest BCUT2D eigenvalue weighted by atomic mass is 19.1. The Labute approximate surface area is 156 Å². The average Bonchev–Trinajstić information content (AvgIpc) is 3.39. The van der Waals surface area contributed by atoms with E-state index in [2.05, 4.69) is 25.6 Å². The fourth-order valence-corrected chi connectivity index (χ4v) is 3.32. The maximum atomic E-state index is 14.1. The quantitative estimate of drug-likeness (QED) is 0.720. The molecule has 0 aromatic carbocycles. The molecule has 0 spiro atoms. The standard InChI is InChI=1S/C19H21FN6O/c20-14-3-5-21-8-15(14)24-18-11-22-9-16(25-18)17-10-23-19-7-13(4-6-26(17)19)27-12-1-2-12/h4,6-7,9-12,14-15,21H,1-3,5,8H2,(H,24,25)/t14-,15-/m0/s1. The number of ether oxygens (including phenoxy) is 1. The number of rotatable bonds is 5. The molecule has 2 fully saturated rings. The van der Waals surface area contributed by atoms with Gasteiger partial charge in [0, 0.05) is 18.8 Å². The lowest BCUT2D eigenvalue weighted by Crippen LogP contribution is -2.46. The van der Waals surface area contributed by atoms with Crippen LogP contribution in [0.25, 0.3) is 17.0 Å². The first-order chi connectivity index (χ1) is 13.3. The lowest BCUT2D eigenvalue weighted by Gasteiger charge is -2.27. The number of alkyl halides is 1. The molecular weight excluding hydrogens is 347 g/mol. The molecule has 0 amide bonds. The van der Waals surface area contributed by atoms with Gasteiger partial charge in [0.05, 0.1) is 36.4 Å². The number of nitrogens with zero attached hydrogens (tertiary/aromatic N) is 4. The first-order valence-corrected chi connectivity index (χ1v) is 9.34. The zero-order valence-electron chi connectivity index (χ0n) is 14.8. The van der Waals surface area contributed by atoms with Crippen molar-refractivity contribution in [2.45, 2.75) is 37.6 Å². The number of halogens is 1. The Morgan fingerprint density at radius 2 is 2.15 bits per heavy atom. The number of pyridine rings is 1. The van der Waals surface area contributed by atoms with Crippen molar-refractivity contribution in [3.63, 3.8) is 0 Å². The van der Waals surface area contributed by atoms with Gasteiger partial charge < -0.3 is 15.4 Å². The van der Waals surface area contributed by atoms with Crippen molar-refractivity contribution in [2.24, 2.45) is 0 Å². The molecule has 4 heterocycles. The topological polar surface area (TPSA) is 76.4 Å². The van der Waals surface area contributed by atoms with E-state index in [1.807, 2.05) is 22.7 Å². The van der Waals surface area contributed by atoms with Gasteiger partial charge in [0.1, 0.15) is 29.1 Å². The van der Waals surface area contributed by atoms with Crippen LogP contribution >= 0.6 is 0 Å². The molecule has 2 aliphatic rings. The van der Waals surface area contributed by atoms with Crippen molar-refractivity contribution >= 4 is 11.5 Å². The number of hydrogen-bond acceptors (Lipinski definition) is 6. The fourth-order valence-electron chi connectivity index (χ4n) is 3.32. The minimum atomic E-state index is -0.891. The van der Waals surface area contributed by atoms with Crippen LogP contribution in [0, 0.1) is 0 Å². The van der Waals surface area contributed by atoms with E-state index >= 15 is 0 Å². The number of piperidine rings is 1. The van der Waals surface area contributed by atoms with Crippen LogP contribution in [0.4, 0.5) is 10.2 Å². The SMILES string of the molecule is F[C@H]1CCNC[C@@H]1Nc1cncc(-c2cnc3cc(OC4CC4)ccn23)n1. The molecule has 1 saturated carbocycles. The molecule has 2 atom stereocenters. The largest absolute Gasteiger partial charge is 0.490 e. The Bertz CT molecular complexity index is 956. The van der Waals surface area contributed by atoms with Gasteiger partial charge >= 0.3 is 0 Å². The van der Waals surface area contributed by atoms with Crippen molar-refractivity contribution in [2.75, 3.05) is 18.4 Å². The zero-order chi connectivity index (χ0) is 18.2. The van der Waals surface area contributed by atoms with Gasteiger partial charge in [0.15, 0.2) is 0 Å². The van der Waals surface area contributed by atoms with Gasteiger partial charge in [-0.2, -0.15) is 0 Å². The summed E-state index contributed by atoms with van der Waals surface area (Å²) in [6.07, 6.45) is 9.21. The third-order valence-corrected chi connectivity index (χ3v) is 4.94. The third-order valence-electron chi connectivity index (χ3n) is 4.94. The molecule has 5 rings (SSSR count). The molecular formula is C19H21FN6O. The molecule has 8 heteroatoms. The van der Waals surface area contributed by atoms with Gasteiger partial charge in [0.25, 0.3) is 0 Å². The molecule has 0 bridgehead atoms. The summed E-state index contributed by atoms with van der Waals surface area (Å²) in [4.78, 5) is 13.3. The van der Waals surface area contributed by atoms with Crippen LogP contribution in [0.2, 0.25) is 0 Å². The highest BCUT2D eigenvalue weighted by Crippen LogP contribution is 2.28. The number of fused-ring (bicyclic) bond motifs is 1. The van der Waals surface area contributed by atoms with Gasteiger partial charge in [0.2, 0.25) is 0 Å². The Hall–Kier alpha value is -2.74. The second kappa shape index (κ2) is 6.77. The van der Waals surface area contributed by atoms with Gasteiger partial charge in [-0.05, 0) is 31.9 Å². The van der Waals surface area contributed by atoms with Crippen LogP contribution in [0.3, 0.4) is 0 Å².